The molecular weight excluding hydrogens is 240 g/mol. The minimum atomic E-state index is 0.505. The van der Waals surface area contributed by atoms with Crippen LogP contribution in [0.3, 0.4) is 0 Å². The molecule has 0 bridgehead atoms. The van der Waals surface area contributed by atoms with Crippen LogP contribution in [0.4, 0.5) is 0 Å². The van der Waals surface area contributed by atoms with Gasteiger partial charge in [0.1, 0.15) is 0 Å². The van der Waals surface area contributed by atoms with E-state index in [4.69, 9.17) is 9.16 Å². The maximum atomic E-state index is 5.78. The molecule has 2 nitrogen and oxygen atoms in total. The molecule has 0 heterocycles. The van der Waals surface area contributed by atoms with Crippen LogP contribution in [-0.4, -0.2) is 23.0 Å². The summed E-state index contributed by atoms with van der Waals surface area (Å²) < 4.78 is 11.2. The van der Waals surface area contributed by atoms with Crippen molar-refractivity contribution in [3.05, 3.63) is 42.0 Å². The number of hydrogen-bond donors (Lipinski definition) is 0. The zero-order valence-electron chi connectivity index (χ0n) is 11.3. The topological polar surface area (TPSA) is 18.5 Å². The molecule has 0 saturated heterocycles. The van der Waals surface area contributed by atoms with Gasteiger partial charge in [-0.15, -0.1) is 0 Å². The number of ether oxygens (including phenoxy) is 1. The highest BCUT2D eigenvalue weighted by Crippen LogP contribution is 2.12. The largest absolute Gasteiger partial charge is 0.413 e. The molecule has 1 aromatic rings. The van der Waals surface area contributed by atoms with Crippen molar-refractivity contribution in [1.82, 2.24) is 0 Å². The molecule has 0 N–H and O–H groups in total. The summed E-state index contributed by atoms with van der Waals surface area (Å²) in [5.74, 6) is 0. The minimum Gasteiger partial charge on any atom is -0.413 e. The first-order valence-electron chi connectivity index (χ1n) is 6.46. The molecule has 0 aromatic heterocycles. The number of rotatable bonds is 9. The normalized spacial score (nSPS) is 12.3. The number of hydrogen-bond acceptors (Lipinski definition) is 2. The molecule has 98 valence electrons. The predicted octanol–water partition coefficient (Wildman–Crippen LogP) is 3.70. The maximum absolute atomic E-state index is 5.78. The van der Waals surface area contributed by atoms with Gasteiger partial charge in [0.15, 0.2) is 0 Å². The van der Waals surface area contributed by atoms with Crippen LogP contribution in [0.1, 0.15) is 31.4 Å². The third-order valence-corrected chi connectivity index (χ3v) is 3.91. The standard InChI is InChI=1S/C15H22O2Si/c1-4-13-8-7-9-14(10-13)11-17-18-15(5-2)12-16-6-3/h4,7-10,15H,1,5-6,11-12H2,2-3H3. The fourth-order valence-electron chi connectivity index (χ4n) is 1.55. The molecule has 0 aliphatic rings. The molecule has 3 heteroatoms. The average Bonchev–Trinajstić information content (AvgIpc) is 2.43. The first-order valence-corrected chi connectivity index (χ1v) is 7.45. The third kappa shape index (κ3) is 5.62. The van der Waals surface area contributed by atoms with E-state index in [1.165, 1.54) is 5.56 Å². The molecule has 0 aliphatic heterocycles. The van der Waals surface area contributed by atoms with Crippen molar-refractivity contribution in [2.45, 2.75) is 32.4 Å². The van der Waals surface area contributed by atoms with Gasteiger partial charge in [-0.1, -0.05) is 44.2 Å². The summed E-state index contributed by atoms with van der Waals surface area (Å²) >= 11 is 0. The smallest absolute Gasteiger partial charge is 0.236 e. The highest BCUT2D eigenvalue weighted by molar-refractivity contribution is 6.29. The Kier molecular flexibility index (Phi) is 7.65. The lowest BCUT2D eigenvalue weighted by Gasteiger charge is -2.13. The van der Waals surface area contributed by atoms with Crippen molar-refractivity contribution < 1.29 is 9.16 Å². The second-order valence-electron chi connectivity index (χ2n) is 4.12. The SMILES string of the molecule is C=Cc1cccc(CO[Si]C(CC)COCC)c1. The van der Waals surface area contributed by atoms with Crippen molar-refractivity contribution in [3.63, 3.8) is 0 Å². The van der Waals surface area contributed by atoms with Gasteiger partial charge < -0.3 is 9.16 Å². The third-order valence-electron chi connectivity index (χ3n) is 2.69. The molecule has 1 unspecified atom stereocenters. The summed E-state index contributed by atoms with van der Waals surface area (Å²) in [4.78, 5) is 0. The Morgan fingerprint density at radius 3 is 2.89 bits per heavy atom. The van der Waals surface area contributed by atoms with Gasteiger partial charge in [-0.2, -0.15) is 0 Å². The summed E-state index contributed by atoms with van der Waals surface area (Å²) in [6.45, 7) is 10.2. The molecule has 2 radical (unpaired) electrons. The fourth-order valence-corrected chi connectivity index (χ4v) is 2.39. The van der Waals surface area contributed by atoms with E-state index in [0.717, 1.165) is 25.2 Å². The molecular formula is C15H22O2Si. The van der Waals surface area contributed by atoms with Gasteiger partial charge in [0.25, 0.3) is 0 Å². The van der Waals surface area contributed by atoms with Gasteiger partial charge in [0.05, 0.1) is 6.61 Å². The Morgan fingerprint density at radius 1 is 1.39 bits per heavy atom. The Balaban J connectivity index is 2.33. The first-order chi connectivity index (χ1) is 8.80. The van der Waals surface area contributed by atoms with Gasteiger partial charge in [0.2, 0.25) is 9.76 Å². The molecule has 1 aromatic carbocycles. The van der Waals surface area contributed by atoms with E-state index in [9.17, 15) is 0 Å². The van der Waals surface area contributed by atoms with Crippen LogP contribution < -0.4 is 0 Å². The Bertz CT molecular complexity index is 352. The van der Waals surface area contributed by atoms with Crippen LogP contribution in [0.5, 0.6) is 0 Å². The lowest BCUT2D eigenvalue weighted by atomic mass is 10.1. The van der Waals surface area contributed by atoms with Crippen LogP contribution in [-0.2, 0) is 15.8 Å². The zero-order valence-corrected chi connectivity index (χ0v) is 12.3. The van der Waals surface area contributed by atoms with E-state index in [0.29, 0.717) is 21.9 Å². The Morgan fingerprint density at radius 2 is 2.22 bits per heavy atom. The van der Waals surface area contributed by atoms with Crippen LogP contribution in [0.2, 0.25) is 5.54 Å². The Labute approximate surface area is 113 Å². The molecule has 0 saturated carbocycles. The minimum absolute atomic E-state index is 0.505. The fraction of sp³-hybridized carbons (Fsp3) is 0.467. The molecule has 0 aliphatic carbocycles. The highest BCUT2D eigenvalue weighted by Gasteiger charge is 2.09. The maximum Gasteiger partial charge on any atom is 0.236 e. The monoisotopic (exact) mass is 262 g/mol. The van der Waals surface area contributed by atoms with E-state index in [2.05, 4.69) is 25.6 Å². The highest BCUT2D eigenvalue weighted by atomic mass is 28.2. The summed E-state index contributed by atoms with van der Waals surface area (Å²) in [5, 5.41) is 0. The number of benzene rings is 1. The van der Waals surface area contributed by atoms with Crippen molar-refractivity contribution in [2.24, 2.45) is 0 Å². The second kappa shape index (κ2) is 9.08. The van der Waals surface area contributed by atoms with Crippen molar-refractivity contribution >= 4 is 15.8 Å². The summed E-state index contributed by atoms with van der Waals surface area (Å²) in [7, 11) is 0.505. The van der Waals surface area contributed by atoms with E-state index in [-0.39, 0.29) is 0 Å². The van der Waals surface area contributed by atoms with Crippen molar-refractivity contribution in [3.8, 4) is 0 Å². The van der Waals surface area contributed by atoms with Gasteiger partial charge >= 0.3 is 0 Å². The lowest BCUT2D eigenvalue weighted by molar-refractivity contribution is 0.139. The van der Waals surface area contributed by atoms with E-state index >= 15 is 0 Å². The van der Waals surface area contributed by atoms with Crippen LogP contribution in [0.25, 0.3) is 6.08 Å². The molecule has 0 amide bonds. The Hall–Kier alpha value is -0.903. The average molecular weight is 262 g/mol. The van der Waals surface area contributed by atoms with Crippen LogP contribution in [0.15, 0.2) is 30.8 Å². The first kappa shape index (κ1) is 15.2. The lowest BCUT2D eigenvalue weighted by Crippen LogP contribution is -2.13. The summed E-state index contributed by atoms with van der Waals surface area (Å²) in [6.07, 6.45) is 2.96. The molecule has 0 spiro atoms. The van der Waals surface area contributed by atoms with Crippen LogP contribution >= 0.6 is 0 Å². The molecule has 18 heavy (non-hydrogen) atoms. The van der Waals surface area contributed by atoms with Crippen molar-refractivity contribution in [2.75, 3.05) is 13.2 Å². The van der Waals surface area contributed by atoms with Gasteiger partial charge in [-0.25, -0.2) is 0 Å². The van der Waals surface area contributed by atoms with Gasteiger partial charge in [-0.05, 0) is 24.1 Å². The summed E-state index contributed by atoms with van der Waals surface area (Å²) in [6, 6.07) is 8.28. The second-order valence-corrected chi connectivity index (χ2v) is 5.46. The molecule has 1 atom stereocenters. The molecule has 1 rings (SSSR count). The van der Waals surface area contributed by atoms with Gasteiger partial charge in [0, 0.05) is 18.8 Å². The van der Waals surface area contributed by atoms with E-state index in [1.807, 2.05) is 25.1 Å². The van der Waals surface area contributed by atoms with Crippen LogP contribution in [0, 0.1) is 0 Å². The zero-order chi connectivity index (χ0) is 13.2. The molecule has 0 fully saturated rings. The van der Waals surface area contributed by atoms with Crippen molar-refractivity contribution in [1.29, 1.82) is 0 Å². The predicted molar refractivity (Wildman–Crippen MR) is 77.6 cm³/mol. The summed E-state index contributed by atoms with van der Waals surface area (Å²) in [5.41, 5.74) is 2.86. The van der Waals surface area contributed by atoms with E-state index in [1.54, 1.807) is 0 Å². The van der Waals surface area contributed by atoms with E-state index < -0.39 is 0 Å². The van der Waals surface area contributed by atoms with Gasteiger partial charge in [-0.3, -0.25) is 0 Å². The quantitative estimate of drug-likeness (QED) is 0.632.